The molecule has 2 heterocycles. The number of aromatic nitrogens is 2. The van der Waals surface area contributed by atoms with Gasteiger partial charge in [-0.1, -0.05) is 12.1 Å². The highest BCUT2D eigenvalue weighted by molar-refractivity contribution is 7.99. The molecule has 124 valence electrons. The van der Waals surface area contributed by atoms with Gasteiger partial charge in [0.2, 0.25) is 0 Å². The normalized spacial score (nSPS) is 10.8. The molecule has 0 aliphatic rings. The molecule has 0 saturated carbocycles. The van der Waals surface area contributed by atoms with Crippen LogP contribution >= 0.6 is 23.1 Å². The molecule has 5 nitrogen and oxygen atoms in total. The van der Waals surface area contributed by atoms with Gasteiger partial charge in [-0.3, -0.25) is 4.79 Å². The van der Waals surface area contributed by atoms with Crippen LogP contribution < -0.4 is 4.74 Å². The number of hydrogen-bond donors (Lipinski definition) is 0. The molecule has 3 rings (SSSR count). The molecule has 0 N–H and O–H groups in total. The topological polar surface area (TPSA) is 61.3 Å². The van der Waals surface area contributed by atoms with Gasteiger partial charge in [0.25, 0.3) is 0 Å². The molecule has 0 spiro atoms. The Kier molecular flexibility index (Phi) is 5.32. The van der Waals surface area contributed by atoms with Crippen LogP contribution in [0.5, 0.6) is 5.75 Å². The van der Waals surface area contributed by atoms with Crippen LogP contribution in [0.3, 0.4) is 0 Å². The third-order valence-corrected chi connectivity index (χ3v) is 5.39. The summed E-state index contributed by atoms with van der Waals surface area (Å²) < 4.78 is 9.89. The average molecular weight is 360 g/mol. The zero-order valence-corrected chi connectivity index (χ0v) is 14.9. The zero-order chi connectivity index (χ0) is 16.9. The second-order valence-corrected chi connectivity index (χ2v) is 6.85. The molecule has 0 radical (unpaired) electrons. The zero-order valence-electron chi connectivity index (χ0n) is 13.3. The number of hydrogen-bond acceptors (Lipinski definition) is 7. The lowest BCUT2D eigenvalue weighted by Crippen LogP contribution is -2.01. The number of carbonyl (C=O) groups is 1. The summed E-state index contributed by atoms with van der Waals surface area (Å²) in [5.41, 5.74) is 2.19. The van der Waals surface area contributed by atoms with Gasteiger partial charge in [-0.25, -0.2) is 9.97 Å². The number of fused-ring (bicyclic) bond motifs is 1. The van der Waals surface area contributed by atoms with Gasteiger partial charge in [0, 0.05) is 16.7 Å². The van der Waals surface area contributed by atoms with Gasteiger partial charge in [-0.2, -0.15) is 0 Å². The maximum Gasteiger partial charge on any atom is 0.306 e. The lowest BCUT2D eigenvalue weighted by Gasteiger charge is -2.06. The highest BCUT2D eigenvalue weighted by atomic mass is 32.2. The summed E-state index contributed by atoms with van der Waals surface area (Å²) in [5, 5.41) is 4.00. The van der Waals surface area contributed by atoms with Crippen LogP contribution in [0.15, 0.2) is 41.0 Å². The van der Waals surface area contributed by atoms with Gasteiger partial charge in [-0.15, -0.1) is 23.1 Å². The summed E-state index contributed by atoms with van der Waals surface area (Å²) in [7, 11) is 3.05. The van der Waals surface area contributed by atoms with Gasteiger partial charge >= 0.3 is 5.97 Å². The van der Waals surface area contributed by atoms with E-state index in [0.717, 1.165) is 32.1 Å². The molecule has 7 heteroatoms. The summed E-state index contributed by atoms with van der Waals surface area (Å²) in [5.74, 6) is 1.23. The molecule has 0 unspecified atom stereocenters. The van der Waals surface area contributed by atoms with Crippen molar-refractivity contribution in [3.05, 3.63) is 36.0 Å². The van der Waals surface area contributed by atoms with E-state index in [4.69, 9.17) is 4.74 Å². The largest absolute Gasteiger partial charge is 0.497 e. The van der Waals surface area contributed by atoms with Gasteiger partial charge in [0.1, 0.15) is 21.9 Å². The van der Waals surface area contributed by atoms with E-state index >= 15 is 0 Å². The highest BCUT2D eigenvalue weighted by Crippen LogP contribution is 2.38. The Bertz CT molecular complexity index is 847. The first kappa shape index (κ1) is 16.7. The van der Waals surface area contributed by atoms with Crippen molar-refractivity contribution in [2.24, 2.45) is 0 Å². The van der Waals surface area contributed by atoms with Crippen LogP contribution in [0, 0.1) is 0 Å². The molecule has 0 atom stereocenters. The van der Waals surface area contributed by atoms with Crippen molar-refractivity contribution in [1.82, 2.24) is 9.97 Å². The van der Waals surface area contributed by atoms with Crippen molar-refractivity contribution < 1.29 is 14.3 Å². The van der Waals surface area contributed by atoms with E-state index in [1.165, 1.54) is 7.11 Å². The van der Waals surface area contributed by atoms with E-state index in [1.807, 2.05) is 24.3 Å². The molecule has 1 aromatic carbocycles. The van der Waals surface area contributed by atoms with E-state index in [9.17, 15) is 4.79 Å². The fourth-order valence-corrected chi connectivity index (χ4v) is 4.19. The fourth-order valence-electron chi connectivity index (χ4n) is 2.27. The predicted molar refractivity (Wildman–Crippen MR) is 96.8 cm³/mol. The third kappa shape index (κ3) is 3.52. The lowest BCUT2D eigenvalue weighted by atomic mass is 10.1. The van der Waals surface area contributed by atoms with Crippen molar-refractivity contribution in [1.29, 1.82) is 0 Å². The number of esters is 1. The number of thioether (sulfide) groups is 1. The van der Waals surface area contributed by atoms with Crippen LogP contribution in [0.2, 0.25) is 0 Å². The van der Waals surface area contributed by atoms with Crippen molar-refractivity contribution in [3.8, 4) is 16.9 Å². The third-order valence-electron chi connectivity index (χ3n) is 3.51. The molecule has 0 aliphatic carbocycles. The minimum Gasteiger partial charge on any atom is -0.497 e. The Morgan fingerprint density at radius 2 is 2.00 bits per heavy atom. The van der Waals surface area contributed by atoms with Gasteiger partial charge in [0.15, 0.2) is 0 Å². The van der Waals surface area contributed by atoms with Crippen LogP contribution in [-0.2, 0) is 9.53 Å². The first-order valence-electron chi connectivity index (χ1n) is 7.29. The average Bonchev–Trinajstić information content (AvgIpc) is 3.06. The van der Waals surface area contributed by atoms with Gasteiger partial charge < -0.3 is 9.47 Å². The quantitative estimate of drug-likeness (QED) is 0.376. The van der Waals surface area contributed by atoms with E-state index in [-0.39, 0.29) is 5.97 Å². The van der Waals surface area contributed by atoms with Crippen molar-refractivity contribution in [2.75, 3.05) is 20.0 Å². The number of carbonyl (C=O) groups excluding carboxylic acids is 1. The van der Waals surface area contributed by atoms with Crippen molar-refractivity contribution in [3.63, 3.8) is 0 Å². The van der Waals surface area contributed by atoms with Crippen LogP contribution in [0.1, 0.15) is 6.42 Å². The number of benzene rings is 1. The standard InChI is InChI=1S/C17H16N2O3S2/c1-21-12-5-3-11(4-6-12)13-9-24-17-15(13)16(18-10-19-17)23-8-7-14(20)22-2/h3-6,9-10H,7-8H2,1-2H3. The van der Waals surface area contributed by atoms with Crippen molar-refractivity contribution in [2.45, 2.75) is 11.4 Å². The van der Waals surface area contributed by atoms with Crippen LogP contribution in [0.25, 0.3) is 21.3 Å². The maximum absolute atomic E-state index is 11.3. The Labute approximate surface area is 148 Å². The monoisotopic (exact) mass is 360 g/mol. The summed E-state index contributed by atoms with van der Waals surface area (Å²) in [4.78, 5) is 21.0. The van der Waals surface area contributed by atoms with Crippen LogP contribution in [0.4, 0.5) is 0 Å². The van der Waals surface area contributed by atoms with Crippen molar-refractivity contribution >= 4 is 39.3 Å². The Morgan fingerprint density at radius 3 is 2.71 bits per heavy atom. The number of methoxy groups -OCH3 is 2. The SMILES string of the molecule is COC(=O)CCSc1ncnc2scc(-c3ccc(OC)cc3)c12. The number of thiophene rings is 1. The maximum atomic E-state index is 11.3. The van der Waals surface area contributed by atoms with E-state index in [0.29, 0.717) is 12.2 Å². The summed E-state index contributed by atoms with van der Waals surface area (Å²) in [6, 6.07) is 7.92. The molecule has 0 fully saturated rings. The minimum absolute atomic E-state index is 0.214. The Morgan fingerprint density at radius 1 is 1.21 bits per heavy atom. The van der Waals surface area contributed by atoms with Gasteiger partial charge in [-0.05, 0) is 17.7 Å². The molecule has 0 bridgehead atoms. The van der Waals surface area contributed by atoms with Crippen LogP contribution in [-0.4, -0.2) is 35.9 Å². The molecule has 0 aliphatic heterocycles. The summed E-state index contributed by atoms with van der Waals surface area (Å²) >= 11 is 3.13. The Hall–Kier alpha value is -2.12. The predicted octanol–water partition coefficient (Wildman–Crippen LogP) is 4.02. The smallest absolute Gasteiger partial charge is 0.306 e. The molecule has 24 heavy (non-hydrogen) atoms. The fraction of sp³-hybridized carbons (Fsp3) is 0.235. The van der Waals surface area contributed by atoms with E-state index in [1.54, 1.807) is 36.5 Å². The molecule has 0 saturated heterocycles. The first-order valence-corrected chi connectivity index (χ1v) is 9.15. The lowest BCUT2D eigenvalue weighted by molar-refractivity contribution is -0.140. The van der Waals surface area contributed by atoms with E-state index in [2.05, 4.69) is 20.1 Å². The minimum atomic E-state index is -0.214. The van der Waals surface area contributed by atoms with E-state index < -0.39 is 0 Å². The Balaban J connectivity index is 1.92. The molecular formula is C17H16N2O3S2. The number of rotatable bonds is 6. The number of nitrogens with zero attached hydrogens (tertiary/aromatic N) is 2. The van der Waals surface area contributed by atoms with Gasteiger partial charge in [0.05, 0.1) is 26.0 Å². The molecular weight excluding hydrogens is 344 g/mol. The summed E-state index contributed by atoms with van der Waals surface area (Å²) in [6.07, 6.45) is 1.92. The number of ether oxygens (including phenoxy) is 2. The second-order valence-electron chi connectivity index (χ2n) is 4.91. The molecule has 3 aromatic rings. The summed E-state index contributed by atoms with van der Waals surface area (Å²) in [6.45, 7) is 0. The first-order chi connectivity index (χ1) is 11.7. The highest BCUT2D eigenvalue weighted by Gasteiger charge is 2.14. The second kappa shape index (κ2) is 7.63. The molecule has 0 amide bonds. The molecule has 2 aromatic heterocycles.